The van der Waals surface area contributed by atoms with Gasteiger partial charge >= 0.3 is 5.97 Å². The van der Waals surface area contributed by atoms with Crippen molar-refractivity contribution >= 4 is 29.1 Å². The maximum absolute atomic E-state index is 11.0. The average molecular weight is 302 g/mol. The molecule has 1 atom stereocenters. The van der Waals surface area contributed by atoms with Gasteiger partial charge in [-0.1, -0.05) is 18.7 Å². The number of thioether (sulfide) groups is 1. The molecule has 7 heteroatoms. The van der Waals surface area contributed by atoms with Crippen LogP contribution in [0.1, 0.15) is 22.3 Å². The lowest BCUT2D eigenvalue weighted by Crippen LogP contribution is -2.43. The number of hydrogen-bond acceptors (Lipinski definition) is 6. The number of carboxylic acids is 1. The molecule has 2 heterocycles. The van der Waals surface area contributed by atoms with Crippen LogP contribution in [0, 0.1) is 6.92 Å². The Morgan fingerprint density at radius 2 is 2.47 bits per heavy atom. The van der Waals surface area contributed by atoms with Crippen molar-refractivity contribution in [2.24, 2.45) is 0 Å². The van der Waals surface area contributed by atoms with Gasteiger partial charge in [0, 0.05) is 18.8 Å². The highest BCUT2D eigenvalue weighted by molar-refractivity contribution is 8.01. The molecule has 1 fully saturated rings. The molecule has 1 aromatic heterocycles. The van der Waals surface area contributed by atoms with Gasteiger partial charge in [-0.15, -0.1) is 11.3 Å². The van der Waals surface area contributed by atoms with E-state index in [-0.39, 0.29) is 6.10 Å². The minimum absolute atomic E-state index is 0.205. The van der Waals surface area contributed by atoms with E-state index in [0.29, 0.717) is 10.6 Å². The second-order valence-corrected chi connectivity index (χ2v) is 6.66. The molecule has 1 aliphatic rings. The van der Waals surface area contributed by atoms with Crippen LogP contribution in [0.4, 0.5) is 0 Å². The number of thiazole rings is 1. The molecule has 1 aliphatic heterocycles. The summed E-state index contributed by atoms with van der Waals surface area (Å²) in [6.07, 6.45) is 0.205. The topological polar surface area (TPSA) is 62.7 Å². The summed E-state index contributed by atoms with van der Waals surface area (Å²) in [5.74, 6) is -0.0735. The van der Waals surface area contributed by atoms with E-state index < -0.39 is 5.97 Å². The molecular formula is C12H18N2O3S2. The van der Waals surface area contributed by atoms with Crippen molar-refractivity contribution in [1.82, 2.24) is 9.88 Å². The second-order valence-electron chi connectivity index (χ2n) is 4.40. The quantitative estimate of drug-likeness (QED) is 0.839. The molecule has 0 aromatic carbocycles. The highest BCUT2D eigenvalue weighted by Gasteiger charge is 2.21. The molecule has 0 amide bonds. The Bertz CT molecular complexity index is 450. The first-order valence-electron chi connectivity index (χ1n) is 6.27. The van der Waals surface area contributed by atoms with Crippen molar-refractivity contribution in [3.8, 4) is 0 Å². The molecule has 1 saturated heterocycles. The second kappa shape index (κ2) is 6.69. The predicted octanol–water partition coefficient (Wildman–Crippen LogP) is 1.96. The van der Waals surface area contributed by atoms with Gasteiger partial charge < -0.3 is 9.84 Å². The monoisotopic (exact) mass is 302 g/mol. The number of rotatable bonds is 5. The summed E-state index contributed by atoms with van der Waals surface area (Å²) in [5.41, 5.74) is 0.597. The maximum atomic E-state index is 11.0. The summed E-state index contributed by atoms with van der Waals surface area (Å²) < 4.78 is 6.53. The Kier molecular flexibility index (Phi) is 5.20. The molecule has 0 aliphatic carbocycles. The van der Waals surface area contributed by atoms with E-state index in [9.17, 15) is 4.79 Å². The number of likely N-dealkylation sites (N-methyl/N-ethyl adjacent to an activating group) is 1. The molecule has 1 aromatic rings. The highest BCUT2D eigenvalue weighted by atomic mass is 32.2. The molecule has 1 unspecified atom stereocenters. The Morgan fingerprint density at radius 3 is 3.11 bits per heavy atom. The SMILES string of the molecule is CCN1CCOC(CSc2nc(C)c(C(=O)O)s2)C1. The zero-order valence-corrected chi connectivity index (χ0v) is 12.7. The Balaban J connectivity index is 1.88. The van der Waals surface area contributed by atoms with E-state index in [0.717, 1.165) is 36.3 Å². The van der Waals surface area contributed by atoms with Crippen molar-refractivity contribution in [3.63, 3.8) is 0 Å². The van der Waals surface area contributed by atoms with E-state index in [1.807, 2.05) is 0 Å². The van der Waals surface area contributed by atoms with E-state index in [2.05, 4.69) is 16.8 Å². The van der Waals surface area contributed by atoms with Crippen LogP contribution in [0.2, 0.25) is 0 Å². The molecule has 0 spiro atoms. The molecule has 0 bridgehead atoms. The summed E-state index contributed by atoms with van der Waals surface area (Å²) in [7, 11) is 0. The van der Waals surface area contributed by atoms with E-state index in [1.54, 1.807) is 18.7 Å². The van der Waals surface area contributed by atoms with Crippen LogP contribution in [-0.4, -0.2) is 59.1 Å². The first-order valence-corrected chi connectivity index (χ1v) is 8.07. The third kappa shape index (κ3) is 3.92. The number of nitrogens with zero attached hydrogens (tertiary/aromatic N) is 2. The van der Waals surface area contributed by atoms with Gasteiger partial charge in [-0.2, -0.15) is 0 Å². The van der Waals surface area contributed by atoms with E-state index in [1.165, 1.54) is 11.3 Å². The number of aromatic carboxylic acids is 1. The average Bonchev–Trinajstić information content (AvgIpc) is 2.78. The van der Waals surface area contributed by atoms with Gasteiger partial charge in [0.15, 0.2) is 4.34 Å². The first kappa shape index (κ1) is 14.8. The molecular weight excluding hydrogens is 284 g/mol. The summed E-state index contributed by atoms with van der Waals surface area (Å²) >= 11 is 2.83. The van der Waals surface area contributed by atoms with Crippen molar-refractivity contribution < 1.29 is 14.6 Å². The lowest BCUT2D eigenvalue weighted by Gasteiger charge is -2.31. The summed E-state index contributed by atoms with van der Waals surface area (Å²) in [4.78, 5) is 17.9. The van der Waals surface area contributed by atoms with Gasteiger partial charge in [0.2, 0.25) is 0 Å². The van der Waals surface area contributed by atoms with E-state index >= 15 is 0 Å². The number of morpholine rings is 1. The van der Waals surface area contributed by atoms with Gasteiger partial charge in [-0.25, -0.2) is 9.78 Å². The van der Waals surface area contributed by atoms with Gasteiger partial charge in [-0.3, -0.25) is 4.90 Å². The third-order valence-electron chi connectivity index (χ3n) is 3.03. The van der Waals surface area contributed by atoms with Crippen LogP contribution >= 0.6 is 23.1 Å². The standard InChI is InChI=1S/C12H18N2O3S2/c1-3-14-4-5-17-9(6-14)7-18-12-13-8(2)10(19-12)11(15)16/h9H,3-7H2,1-2H3,(H,15,16). The normalized spacial score (nSPS) is 20.6. The van der Waals surface area contributed by atoms with Crippen LogP contribution in [-0.2, 0) is 4.74 Å². The maximum Gasteiger partial charge on any atom is 0.347 e. The van der Waals surface area contributed by atoms with Gasteiger partial charge in [0.05, 0.1) is 18.4 Å². The van der Waals surface area contributed by atoms with Crippen LogP contribution in [0.15, 0.2) is 4.34 Å². The zero-order chi connectivity index (χ0) is 13.8. The summed E-state index contributed by atoms with van der Waals surface area (Å²) in [5, 5.41) is 8.99. The molecule has 0 saturated carbocycles. The Morgan fingerprint density at radius 1 is 1.68 bits per heavy atom. The van der Waals surface area contributed by atoms with Gasteiger partial charge in [0.1, 0.15) is 4.88 Å². The van der Waals surface area contributed by atoms with Crippen LogP contribution in [0.25, 0.3) is 0 Å². The van der Waals surface area contributed by atoms with Gasteiger partial charge in [-0.05, 0) is 13.5 Å². The smallest absolute Gasteiger partial charge is 0.347 e. The summed E-state index contributed by atoms with van der Waals surface area (Å²) in [6, 6.07) is 0. The molecule has 106 valence electrons. The molecule has 1 N–H and O–H groups in total. The van der Waals surface area contributed by atoms with E-state index in [4.69, 9.17) is 9.84 Å². The minimum atomic E-state index is -0.895. The third-order valence-corrected chi connectivity index (χ3v) is 5.45. The first-order chi connectivity index (χ1) is 9.10. The van der Waals surface area contributed by atoms with Crippen molar-refractivity contribution in [2.45, 2.75) is 24.3 Å². The molecule has 2 rings (SSSR count). The summed E-state index contributed by atoms with van der Waals surface area (Å²) in [6.45, 7) is 7.65. The zero-order valence-electron chi connectivity index (χ0n) is 11.1. The van der Waals surface area contributed by atoms with Crippen LogP contribution in [0.3, 0.4) is 0 Å². The van der Waals surface area contributed by atoms with Crippen LogP contribution in [0.5, 0.6) is 0 Å². The number of carbonyl (C=O) groups is 1. The van der Waals surface area contributed by atoms with Gasteiger partial charge in [0.25, 0.3) is 0 Å². The minimum Gasteiger partial charge on any atom is -0.477 e. The number of ether oxygens (including phenoxy) is 1. The predicted molar refractivity (Wildman–Crippen MR) is 76.4 cm³/mol. The fraction of sp³-hybridized carbons (Fsp3) is 0.667. The van der Waals surface area contributed by atoms with Crippen molar-refractivity contribution in [1.29, 1.82) is 0 Å². The number of hydrogen-bond donors (Lipinski definition) is 1. The molecule has 0 radical (unpaired) electrons. The fourth-order valence-corrected chi connectivity index (χ4v) is 4.02. The Labute approximate surface area is 121 Å². The van der Waals surface area contributed by atoms with Crippen molar-refractivity contribution in [3.05, 3.63) is 10.6 Å². The fourth-order valence-electron chi connectivity index (χ4n) is 1.96. The van der Waals surface area contributed by atoms with Crippen LogP contribution < -0.4 is 0 Å². The van der Waals surface area contributed by atoms with Crippen molar-refractivity contribution in [2.75, 3.05) is 32.0 Å². The molecule has 19 heavy (non-hydrogen) atoms. The number of carboxylic acid groups (broad SMARTS) is 1. The number of aromatic nitrogens is 1. The Hall–Kier alpha value is -0.630. The molecule has 5 nitrogen and oxygen atoms in total. The lowest BCUT2D eigenvalue weighted by molar-refractivity contribution is -0.0137. The number of aryl methyl sites for hydroxylation is 1. The lowest BCUT2D eigenvalue weighted by atomic mass is 10.3. The largest absolute Gasteiger partial charge is 0.477 e. The highest BCUT2D eigenvalue weighted by Crippen LogP contribution is 2.28.